The molecule has 1 saturated carbocycles. The number of esters is 1. The van der Waals surface area contributed by atoms with Gasteiger partial charge in [-0.15, -0.1) is 26.3 Å². The van der Waals surface area contributed by atoms with E-state index in [1.807, 2.05) is 0 Å². The van der Waals surface area contributed by atoms with Crippen molar-refractivity contribution in [3.63, 3.8) is 0 Å². The predicted molar refractivity (Wildman–Crippen MR) is 55.8 cm³/mol. The third kappa shape index (κ3) is 6.98. The molecule has 21 heavy (non-hydrogen) atoms. The first-order valence-electron chi connectivity index (χ1n) is 6.06. The first-order chi connectivity index (χ1) is 9.50. The van der Waals surface area contributed by atoms with Gasteiger partial charge in [0.15, 0.2) is 0 Å². The zero-order valence-corrected chi connectivity index (χ0v) is 11.0. The van der Waals surface area contributed by atoms with E-state index in [0.717, 1.165) is 7.11 Å². The molecule has 0 aliphatic heterocycles. The molecule has 0 aromatic heterocycles. The van der Waals surface area contributed by atoms with E-state index in [1.165, 1.54) is 0 Å². The van der Waals surface area contributed by atoms with E-state index >= 15 is 0 Å². The van der Waals surface area contributed by atoms with Gasteiger partial charge in [0.1, 0.15) is 0 Å². The number of halogens is 6. The van der Waals surface area contributed by atoms with Gasteiger partial charge >= 0.3 is 18.7 Å². The van der Waals surface area contributed by atoms with Crippen LogP contribution in [0.2, 0.25) is 0 Å². The van der Waals surface area contributed by atoms with Gasteiger partial charge in [0.05, 0.1) is 19.3 Å². The Morgan fingerprint density at radius 2 is 1.52 bits per heavy atom. The zero-order valence-electron chi connectivity index (χ0n) is 11.0. The molecule has 3 unspecified atom stereocenters. The number of hydrogen-bond donors (Lipinski definition) is 0. The molecule has 0 N–H and O–H groups in total. The Morgan fingerprint density at radius 1 is 1.00 bits per heavy atom. The van der Waals surface area contributed by atoms with Crippen LogP contribution in [0.5, 0.6) is 0 Å². The highest BCUT2D eigenvalue weighted by Crippen LogP contribution is 2.36. The molecular formula is C11H14F6O4. The molecule has 0 radical (unpaired) electrons. The van der Waals surface area contributed by atoms with Crippen molar-refractivity contribution in [2.24, 2.45) is 5.92 Å². The monoisotopic (exact) mass is 324 g/mol. The number of alkyl halides is 6. The lowest BCUT2D eigenvalue weighted by Gasteiger charge is -2.35. The van der Waals surface area contributed by atoms with Crippen molar-refractivity contribution in [1.29, 1.82) is 0 Å². The SMILES string of the molecule is COC(=O)CC1CCC(OC(F)(F)F)C(OC(F)(F)F)C1. The molecule has 1 aliphatic carbocycles. The summed E-state index contributed by atoms with van der Waals surface area (Å²) >= 11 is 0. The quantitative estimate of drug-likeness (QED) is 0.589. The van der Waals surface area contributed by atoms with Crippen molar-refractivity contribution in [2.75, 3.05) is 7.11 Å². The van der Waals surface area contributed by atoms with Crippen LogP contribution in [0.4, 0.5) is 26.3 Å². The lowest BCUT2D eigenvalue weighted by Crippen LogP contribution is -2.43. The molecule has 0 bridgehead atoms. The highest BCUT2D eigenvalue weighted by molar-refractivity contribution is 5.69. The van der Waals surface area contributed by atoms with Gasteiger partial charge in [-0.25, -0.2) is 0 Å². The lowest BCUT2D eigenvalue weighted by molar-refractivity contribution is -0.393. The second kappa shape index (κ2) is 6.82. The molecule has 1 fully saturated rings. The van der Waals surface area contributed by atoms with E-state index in [1.54, 1.807) is 0 Å². The predicted octanol–water partition coefficient (Wildman–Crippen LogP) is 3.16. The second-order valence-corrected chi connectivity index (χ2v) is 4.66. The summed E-state index contributed by atoms with van der Waals surface area (Å²) in [4.78, 5) is 11.1. The summed E-state index contributed by atoms with van der Waals surface area (Å²) in [5.74, 6) is -1.18. The van der Waals surface area contributed by atoms with Gasteiger partial charge in [-0.1, -0.05) is 0 Å². The summed E-state index contributed by atoms with van der Waals surface area (Å²) < 4.78 is 85.0. The summed E-state index contributed by atoms with van der Waals surface area (Å²) in [5.41, 5.74) is 0. The largest absolute Gasteiger partial charge is 0.522 e. The van der Waals surface area contributed by atoms with Crippen molar-refractivity contribution in [3.8, 4) is 0 Å². The molecule has 1 rings (SSSR count). The van der Waals surface area contributed by atoms with E-state index in [2.05, 4.69) is 14.2 Å². The maximum absolute atomic E-state index is 12.3. The highest BCUT2D eigenvalue weighted by Gasteiger charge is 2.45. The van der Waals surface area contributed by atoms with Gasteiger partial charge in [-0.05, 0) is 25.2 Å². The number of carbonyl (C=O) groups excluding carboxylic acids is 1. The Balaban J connectivity index is 2.71. The third-order valence-electron chi connectivity index (χ3n) is 3.09. The summed E-state index contributed by atoms with van der Waals surface area (Å²) in [6.07, 6.45) is -14.4. The molecule has 0 spiro atoms. The van der Waals surface area contributed by atoms with Gasteiger partial charge in [0.25, 0.3) is 0 Å². The van der Waals surface area contributed by atoms with Gasteiger partial charge in [-0.2, -0.15) is 0 Å². The topological polar surface area (TPSA) is 44.8 Å². The van der Waals surface area contributed by atoms with Crippen LogP contribution in [-0.4, -0.2) is 38.0 Å². The molecule has 124 valence electrons. The Morgan fingerprint density at radius 3 is 2.00 bits per heavy atom. The Kier molecular flexibility index (Phi) is 5.85. The van der Waals surface area contributed by atoms with Crippen LogP contribution in [0.3, 0.4) is 0 Å². The maximum Gasteiger partial charge on any atom is 0.522 e. The van der Waals surface area contributed by atoms with Crippen LogP contribution >= 0.6 is 0 Å². The molecule has 0 aromatic rings. The van der Waals surface area contributed by atoms with Crippen LogP contribution in [0.25, 0.3) is 0 Å². The van der Waals surface area contributed by atoms with Crippen LogP contribution in [0.1, 0.15) is 25.7 Å². The van der Waals surface area contributed by atoms with Gasteiger partial charge < -0.3 is 4.74 Å². The third-order valence-corrected chi connectivity index (χ3v) is 3.09. The Bertz CT molecular complexity index is 354. The van der Waals surface area contributed by atoms with Crippen LogP contribution in [0, 0.1) is 5.92 Å². The minimum atomic E-state index is -5.08. The van der Waals surface area contributed by atoms with Gasteiger partial charge in [0.2, 0.25) is 0 Å². The molecule has 3 atom stereocenters. The minimum Gasteiger partial charge on any atom is -0.469 e. The number of rotatable bonds is 4. The van der Waals surface area contributed by atoms with Gasteiger partial charge in [0, 0.05) is 6.42 Å². The summed E-state index contributed by atoms with van der Waals surface area (Å²) in [6, 6.07) is 0. The highest BCUT2D eigenvalue weighted by atomic mass is 19.4. The fourth-order valence-corrected chi connectivity index (χ4v) is 2.29. The molecule has 0 heterocycles. The first kappa shape index (κ1) is 18.0. The summed E-state index contributed by atoms with van der Waals surface area (Å²) in [7, 11) is 1.12. The number of ether oxygens (including phenoxy) is 3. The lowest BCUT2D eigenvalue weighted by atomic mass is 9.83. The maximum atomic E-state index is 12.3. The molecular weight excluding hydrogens is 310 g/mol. The van der Waals surface area contributed by atoms with Crippen molar-refractivity contribution in [2.45, 2.75) is 50.6 Å². The average molecular weight is 324 g/mol. The van der Waals surface area contributed by atoms with E-state index < -0.39 is 36.8 Å². The molecule has 10 heteroatoms. The van der Waals surface area contributed by atoms with E-state index in [9.17, 15) is 31.1 Å². The Hall–Kier alpha value is -1.03. The number of carbonyl (C=O) groups is 1. The first-order valence-corrected chi connectivity index (χ1v) is 6.06. The van der Waals surface area contributed by atoms with E-state index in [-0.39, 0.29) is 25.7 Å². The molecule has 0 amide bonds. The summed E-state index contributed by atoms with van der Waals surface area (Å²) in [6.45, 7) is 0. The van der Waals surface area contributed by atoms with Crippen molar-refractivity contribution < 1.29 is 45.3 Å². The molecule has 1 aliphatic rings. The average Bonchev–Trinajstić information content (AvgIpc) is 2.28. The minimum absolute atomic E-state index is 0.119. The second-order valence-electron chi connectivity index (χ2n) is 4.66. The van der Waals surface area contributed by atoms with Crippen molar-refractivity contribution in [1.82, 2.24) is 0 Å². The molecule has 0 aromatic carbocycles. The standard InChI is InChI=1S/C11H14F6O4/c1-19-9(18)5-6-2-3-7(20-10(12,13)14)8(4-6)21-11(15,16)17/h6-8H,2-5H2,1H3. The number of methoxy groups -OCH3 is 1. The smallest absolute Gasteiger partial charge is 0.469 e. The van der Waals surface area contributed by atoms with Gasteiger partial charge in [-0.3, -0.25) is 14.3 Å². The molecule has 0 saturated heterocycles. The van der Waals surface area contributed by atoms with E-state index in [4.69, 9.17) is 0 Å². The summed E-state index contributed by atoms with van der Waals surface area (Å²) in [5, 5.41) is 0. The van der Waals surface area contributed by atoms with Crippen LogP contribution in [-0.2, 0) is 19.0 Å². The van der Waals surface area contributed by atoms with E-state index in [0.29, 0.717) is 0 Å². The molecule has 4 nitrogen and oxygen atoms in total. The fourth-order valence-electron chi connectivity index (χ4n) is 2.29. The van der Waals surface area contributed by atoms with Crippen LogP contribution in [0.15, 0.2) is 0 Å². The Labute approximate surface area is 116 Å². The zero-order chi connectivity index (χ0) is 16.3. The number of hydrogen-bond acceptors (Lipinski definition) is 4. The van der Waals surface area contributed by atoms with Crippen molar-refractivity contribution >= 4 is 5.97 Å². The normalized spacial score (nSPS) is 27.5. The van der Waals surface area contributed by atoms with Crippen LogP contribution < -0.4 is 0 Å². The fraction of sp³-hybridized carbons (Fsp3) is 0.909. The van der Waals surface area contributed by atoms with Crippen molar-refractivity contribution in [3.05, 3.63) is 0 Å².